The first kappa shape index (κ1) is 12.2. The van der Waals surface area contributed by atoms with E-state index in [1.807, 2.05) is 19.1 Å². The summed E-state index contributed by atoms with van der Waals surface area (Å²) in [6.07, 6.45) is 2.11. The summed E-state index contributed by atoms with van der Waals surface area (Å²) in [5, 5.41) is 3.42. The molecule has 0 radical (unpaired) electrons. The Morgan fingerprint density at radius 1 is 1.40 bits per heavy atom. The minimum absolute atomic E-state index is 0.118. The zero-order valence-electron chi connectivity index (χ0n) is 9.81. The van der Waals surface area contributed by atoms with Crippen molar-refractivity contribution in [3.8, 4) is 0 Å². The number of hydrogen-bond donors (Lipinski definition) is 1. The fraction of sp³-hybridized carbons (Fsp3) is 0.538. The smallest absolute Gasteiger partial charge is 0.126 e. The van der Waals surface area contributed by atoms with E-state index in [1.54, 1.807) is 6.07 Å². The van der Waals surface area contributed by atoms with Gasteiger partial charge in [-0.3, -0.25) is 0 Å². The zero-order valence-corrected chi connectivity index (χ0v) is 9.81. The predicted molar refractivity (Wildman–Crippen MR) is 62.6 cm³/mol. The van der Waals surface area contributed by atoms with Gasteiger partial charge in [-0.15, -0.1) is 0 Å². The van der Waals surface area contributed by atoms with Crippen LogP contribution in [0.4, 0.5) is 4.39 Å². The molecule has 0 saturated heterocycles. The Balaban J connectivity index is 2.53. The largest absolute Gasteiger partial charge is 0.314 e. The van der Waals surface area contributed by atoms with Crippen LogP contribution in [0.2, 0.25) is 0 Å². The van der Waals surface area contributed by atoms with Gasteiger partial charge in [-0.2, -0.15) is 0 Å². The van der Waals surface area contributed by atoms with Gasteiger partial charge in [0.25, 0.3) is 0 Å². The minimum atomic E-state index is -0.118. The summed E-state index contributed by atoms with van der Waals surface area (Å²) in [4.78, 5) is 0. The highest BCUT2D eigenvalue weighted by molar-refractivity contribution is 5.24. The molecule has 0 fully saturated rings. The van der Waals surface area contributed by atoms with Crippen LogP contribution in [0.15, 0.2) is 18.2 Å². The van der Waals surface area contributed by atoms with Gasteiger partial charge in [-0.1, -0.05) is 19.1 Å². The standard InChI is InChI=1S/C13H20FN/c1-4-7-15-11(3)9-12-5-6-13(14)10(2)8-12/h5-6,8,11,15H,4,7,9H2,1-3H3. The molecule has 1 N–H and O–H groups in total. The molecule has 0 saturated carbocycles. The molecule has 0 amide bonds. The highest BCUT2D eigenvalue weighted by atomic mass is 19.1. The van der Waals surface area contributed by atoms with Crippen LogP contribution in [0, 0.1) is 12.7 Å². The van der Waals surface area contributed by atoms with Crippen molar-refractivity contribution in [2.45, 2.75) is 39.7 Å². The molecule has 1 aromatic rings. The molecule has 1 atom stereocenters. The van der Waals surface area contributed by atoms with E-state index in [9.17, 15) is 4.39 Å². The van der Waals surface area contributed by atoms with E-state index in [2.05, 4.69) is 19.2 Å². The average Bonchev–Trinajstić information content (AvgIpc) is 2.20. The van der Waals surface area contributed by atoms with Crippen LogP contribution in [0.5, 0.6) is 0 Å². The third-order valence-electron chi connectivity index (χ3n) is 2.51. The molecule has 0 aromatic heterocycles. The third kappa shape index (κ3) is 4.00. The van der Waals surface area contributed by atoms with E-state index in [0.717, 1.165) is 24.9 Å². The van der Waals surface area contributed by atoms with Crippen molar-refractivity contribution in [3.63, 3.8) is 0 Å². The summed E-state index contributed by atoms with van der Waals surface area (Å²) in [7, 11) is 0. The molecule has 0 aliphatic rings. The Labute approximate surface area is 91.7 Å². The predicted octanol–water partition coefficient (Wildman–Crippen LogP) is 3.06. The van der Waals surface area contributed by atoms with Crippen LogP contribution in [-0.4, -0.2) is 12.6 Å². The molecule has 0 heterocycles. The Morgan fingerprint density at radius 2 is 2.13 bits per heavy atom. The number of benzene rings is 1. The molecule has 2 heteroatoms. The van der Waals surface area contributed by atoms with Crippen molar-refractivity contribution < 1.29 is 4.39 Å². The Hall–Kier alpha value is -0.890. The summed E-state index contributed by atoms with van der Waals surface area (Å²) in [6.45, 7) is 7.17. The quantitative estimate of drug-likeness (QED) is 0.786. The molecule has 84 valence electrons. The van der Waals surface area contributed by atoms with Crippen molar-refractivity contribution in [1.82, 2.24) is 5.32 Å². The molecule has 0 aliphatic heterocycles. The molecular formula is C13H20FN. The first-order valence-corrected chi connectivity index (χ1v) is 5.62. The summed E-state index contributed by atoms with van der Waals surface area (Å²) in [5.74, 6) is -0.118. The second-order valence-corrected chi connectivity index (χ2v) is 4.14. The van der Waals surface area contributed by atoms with Gasteiger partial charge in [0, 0.05) is 6.04 Å². The van der Waals surface area contributed by atoms with E-state index >= 15 is 0 Å². The second kappa shape index (κ2) is 5.86. The Morgan fingerprint density at radius 3 is 2.73 bits per heavy atom. The zero-order chi connectivity index (χ0) is 11.3. The van der Waals surface area contributed by atoms with Crippen molar-refractivity contribution in [2.24, 2.45) is 0 Å². The van der Waals surface area contributed by atoms with E-state index in [-0.39, 0.29) is 5.82 Å². The maximum atomic E-state index is 13.0. The van der Waals surface area contributed by atoms with E-state index in [4.69, 9.17) is 0 Å². The van der Waals surface area contributed by atoms with E-state index in [0.29, 0.717) is 6.04 Å². The van der Waals surface area contributed by atoms with Gasteiger partial charge >= 0.3 is 0 Å². The van der Waals surface area contributed by atoms with Crippen LogP contribution in [0.1, 0.15) is 31.4 Å². The normalized spacial score (nSPS) is 12.8. The molecule has 0 aliphatic carbocycles. The van der Waals surface area contributed by atoms with Gasteiger partial charge in [0.05, 0.1) is 0 Å². The summed E-state index contributed by atoms with van der Waals surface area (Å²) >= 11 is 0. The number of rotatable bonds is 5. The van der Waals surface area contributed by atoms with Crippen LogP contribution in [-0.2, 0) is 6.42 Å². The SMILES string of the molecule is CCCNC(C)Cc1ccc(F)c(C)c1. The third-order valence-corrected chi connectivity index (χ3v) is 2.51. The lowest BCUT2D eigenvalue weighted by atomic mass is 10.0. The van der Waals surface area contributed by atoms with Gasteiger partial charge in [0.15, 0.2) is 0 Å². The maximum Gasteiger partial charge on any atom is 0.126 e. The monoisotopic (exact) mass is 209 g/mol. The lowest BCUT2D eigenvalue weighted by molar-refractivity contribution is 0.542. The molecule has 0 spiro atoms. The number of nitrogens with one attached hydrogen (secondary N) is 1. The van der Waals surface area contributed by atoms with E-state index in [1.165, 1.54) is 5.56 Å². The number of aryl methyl sites for hydroxylation is 1. The molecule has 1 nitrogen and oxygen atoms in total. The van der Waals surface area contributed by atoms with Crippen LogP contribution in [0.25, 0.3) is 0 Å². The summed E-state index contributed by atoms with van der Waals surface area (Å²) in [5.41, 5.74) is 1.93. The fourth-order valence-electron chi connectivity index (χ4n) is 1.65. The second-order valence-electron chi connectivity index (χ2n) is 4.14. The molecule has 0 bridgehead atoms. The van der Waals surface area contributed by atoms with Crippen LogP contribution in [0.3, 0.4) is 0 Å². The topological polar surface area (TPSA) is 12.0 Å². The van der Waals surface area contributed by atoms with Gasteiger partial charge in [-0.05, 0) is 50.4 Å². The van der Waals surface area contributed by atoms with Gasteiger partial charge in [-0.25, -0.2) is 4.39 Å². The lowest BCUT2D eigenvalue weighted by Gasteiger charge is -2.13. The van der Waals surface area contributed by atoms with Crippen molar-refractivity contribution in [3.05, 3.63) is 35.1 Å². The average molecular weight is 209 g/mol. The highest BCUT2D eigenvalue weighted by Crippen LogP contribution is 2.10. The van der Waals surface area contributed by atoms with E-state index < -0.39 is 0 Å². The van der Waals surface area contributed by atoms with Crippen molar-refractivity contribution in [1.29, 1.82) is 0 Å². The van der Waals surface area contributed by atoms with Crippen LogP contribution < -0.4 is 5.32 Å². The molecule has 15 heavy (non-hydrogen) atoms. The summed E-state index contributed by atoms with van der Waals surface area (Å²) < 4.78 is 13.0. The minimum Gasteiger partial charge on any atom is -0.314 e. The Bertz CT molecular complexity index is 309. The lowest BCUT2D eigenvalue weighted by Crippen LogP contribution is -2.28. The first-order valence-electron chi connectivity index (χ1n) is 5.62. The summed E-state index contributed by atoms with van der Waals surface area (Å²) in [6, 6.07) is 5.80. The van der Waals surface area contributed by atoms with Gasteiger partial charge < -0.3 is 5.32 Å². The first-order chi connectivity index (χ1) is 7.13. The van der Waals surface area contributed by atoms with Crippen molar-refractivity contribution in [2.75, 3.05) is 6.54 Å². The van der Waals surface area contributed by atoms with Gasteiger partial charge in [0.2, 0.25) is 0 Å². The van der Waals surface area contributed by atoms with Gasteiger partial charge in [0.1, 0.15) is 5.82 Å². The molecule has 1 rings (SSSR count). The van der Waals surface area contributed by atoms with Crippen molar-refractivity contribution >= 4 is 0 Å². The maximum absolute atomic E-state index is 13.0. The molecule has 1 aromatic carbocycles. The number of hydrogen-bond acceptors (Lipinski definition) is 1. The highest BCUT2D eigenvalue weighted by Gasteiger charge is 2.04. The Kier molecular flexibility index (Phi) is 4.76. The fourth-order valence-corrected chi connectivity index (χ4v) is 1.65. The molecule has 1 unspecified atom stereocenters. The number of halogens is 1. The van der Waals surface area contributed by atoms with Crippen LogP contribution >= 0.6 is 0 Å². The molecular weight excluding hydrogens is 189 g/mol.